The van der Waals surface area contributed by atoms with Crippen LogP contribution in [0.2, 0.25) is 0 Å². The van der Waals surface area contributed by atoms with Gasteiger partial charge in [0.05, 0.1) is 0 Å². The van der Waals surface area contributed by atoms with E-state index >= 15 is 0 Å². The first kappa shape index (κ1) is 18.4. The second kappa shape index (κ2) is 8.32. The van der Waals surface area contributed by atoms with Crippen LogP contribution in [0.25, 0.3) is 11.1 Å². The van der Waals surface area contributed by atoms with E-state index in [1.807, 2.05) is 54.6 Å². The topological polar surface area (TPSA) is 55.4 Å². The van der Waals surface area contributed by atoms with Crippen LogP contribution in [0.5, 0.6) is 5.75 Å². The van der Waals surface area contributed by atoms with Crippen molar-refractivity contribution in [1.29, 1.82) is 0 Å². The number of carbonyl (C=O) groups is 2. The molecule has 0 aliphatic carbocycles. The molecule has 0 radical (unpaired) electrons. The molecule has 3 aromatic rings. The van der Waals surface area contributed by atoms with Gasteiger partial charge < -0.3 is 10.1 Å². The van der Waals surface area contributed by atoms with Gasteiger partial charge in [0.15, 0.2) is 11.9 Å². The van der Waals surface area contributed by atoms with Crippen molar-refractivity contribution in [3.8, 4) is 16.9 Å². The first-order chi connectivity index (χ1) is 13.0. The van der Waals surface area contributed by atoms with E-state index in [4.69, 9.17) is 4.74 Å². The van der Waals surface area contributed by atoms with Crippen LogP contribution in [-0.2, 0) is 4.79 Å². The van der Waals surface area contributed by atoms with Crippen molar-refractivity contribution in [1.82, 2.24) is 0 Å². The standard InChI is InChI=1S/C23H21NO3/c1-16(25)18-12-14-20(15-13-18)27-17(2)23(26)24-22-11-7-6-10-21(22)19-8-4-3-5-9-19/h3-15,17H,1-2H3,(H,24,26)/t17-/m0/s1. The predicted octanol–water partition coefficient (Wildman–Crippen LogP) is 4.96. The number of amides is 1. The Hall–Kier alpha value is -3.40. The Morgan fingerprint density at radius 1 is 0.852 bits per heavy atom. The molecule has 1 atom stereocenters. The van der Waals surface area contributed by atoms with E-state index in [-0.39, 0.29) is 11.7 Å². The van der Waals surface area contributed by atoms with Gasteiger partial charge in [-0.05, 0) is 49.7 Å². The molecule has 0 saturated heterocycles. The van der Waals surface area contributed by atoms with E-state index in [0.29, 0.717) is 11.3 Å². The summed E-state index contributed by atoms with van der Waals surface area (Å²) in [5, 5.41) is 2.94. The van der Waals surface area contributed by atoms with Crippen LogP contribution in [0.4, 0.5) is 5.69 Å². The quantitative estimate of drug-likeness (QED) is 0.633. The van der Waals surface area contributed by atoms with E-state index in [1.165, 1.54) is 6.92 Å². The van der Waals surface area contributed by atoms with Crippen LogP contribution in [-0.4, -0.2) is 17.8 Å². The van der Waals surface area contributed by atoms with Crippen molar-refractivity contribution in [2.45, 2.75) is 20.0 Å². The lowest BCUT2D eigenvalue weighted by Gasteiger charge is -2.17. The maximum Gasteiger partial charge on any atom is 0.265 e. The van der Waals surface area contributed by atoms with E-state index in [2.05, 4.69) is 5.32 Å². The van der Waals surface area contributed by atoms with Gasteiger partial charge in [-0.15, -0.1) is 0 Å². The average molecular weight is 359 g/mol. The zero-order valence-electron chi connectivity index (χ0n) is 15.3. The molecular formula is C23H21NO3. The summed E-state index contributed by atoms with van der Waals surface area (Å²) in [6, 6.07) is 24.3. The highest BCUT2D eigenvalue weighted by Gasteiger charge is 2.16. The number of hydrogen-bond acceptors (Lipinski definition) is 3. The molecule has 1 amide bonds. The number of ether oxygens (including phenoxy) is 1. The lowest BCUT2D eigenvalue weighted by atomic mass is 10.0. The van der Waals surface area contributed by atoms with Crippen molar-refractivity contribution in [3.05, 3.63) is 84.4 Å². The van der Waals surface area contributed by atoms with Crippen molar-refractivity contribution in [2.75, 3.05) is 5.32 Å². The van der Waals surface area contributed by atoms with Crippen molar-refractivity contribution < 1.29 is 14.3 Å². The highest BCUT2D eigenvalue weighted by atomic mass is 16.5. The molecule has 1 N–H and O–H groups in total. The molecule has 27 heavy (non-hydrogen) atoms. The number of rotatable bonds is 6. The molecule has 4 nitrogen and oxygen atoms in total. The first-order valence-corrected chi connectivity index (χ1v) is 8.77. The lowest BCUT2D eigenvalue weighted by Crippen LogP contribution is -2.30. The number of para-hydroxylation sites is 1. The SMILES string of the molecule is CC(=O)c1ccc(O[C@@H](C)C(=O)Nc2ccccc2-c2ccccc2)cc1. The Bertz CT molecular complexity index is 933. The van der Waals surface area contributed by atoms with Gasteiger partial charge in [-0.3, -0.25) is 9.59 Å². The Balaban J connectivity index is 1.71. The predicted molar refractivity (Wildman–Crippen MR) is 107 cm³/mol. The molecule has 4 heteroatoms. The second-order valence-corrected chi connectivity index (χ2v) is 6.24. The Kier molecular flexibility index (Phi) is 5.67. The third-order valence-electron chi connectivity index (χ3n) is 4.21. The summed E-state index contributed by atoms with van der Waals surface area (Å²) in [5.41, 5.74) is 3.32. The summed E-state index contributed by atoms with van der Waals surface area (Å²) in [6.45, 7) is 3.20. The molecule has 0 saturated carbocycles. The van der Waals surface area contributed by atoms with Crippen molar-refractivity contribution in [3.63, 3.8) is 0 Å². The van der Waals surface area contributed by atoms with Gasteiger partial charge in [-0.25, -0.2) is 0 Å². The third kappa shape index (κ3) is 4.61. The van der Waals surface area contributed by atoms with Gasteiger partial charge >= 0.3 is 0 Å². The molecule has 0 aromatic heterocycles. The maximum absolute atomic E-state index is 12.6. The third-order valence-corrected chi connectivity index (χ3v) is 4.21. The average Bonchev–Trinajstić information content (AvgIpc) is 2.69. The molecule has 0 aliphatic heterocycles. The van der Waals surface area contributed by atoms with Crippen LogP contribution >= 0.6 is 0 Å². The highest BCUT2D eigenvalue weighted by molar-refractivity contribution is 5.98. The highest BCUT2D eigenvalue weighted by Crippen LogP contribution is 2.27. The zero-order chi connectivity index (χ0) is 19.2. The monoisotopic (exact) mass is 359 g/mol. The molecule has 0 spiro atoms. The summed E-state index contributed by atoms with van der Waals surface area (Å²) in [5.74, 6) is 0.290. The minimum Gasteiger partial charge on any atom is -0.481 e. The number of anilines is 1. The smallest absolute Gasteiger partial charge is 0.265 e. The number of ketones is 1. The van der Waals surface area contributed by atoms with Gasteiger partial charge in [-0.1, -0.05) is 48.5 Å². The molecule has 136 valence electrons. The van der Waals surface area contributed by atoms with Gasteiger partial charge in [0.25, 0.3) is 5.91 Å². The van der Waals surface area contributed by atoms with Crippen LogP contribution < -0.4 is 10.1 Å². The van der Waals surface area contributed by atoms with Gasteiger partial charge in [0, 0.05) is 16.8 Å². The summed E-state index contributed by atoms with van der Waals surface area (Å²) in [6.07, 6.45) is -0.683. The summed E-state index contributed by atoms with van der Waals surface area (Å²) in [4.78, 5) is 23.9. The molecule has 0 fully saturated rings. The van der Waals surface area contributed by atoms with Crippen LogP contribution in [0.15, 0.2) is 78.9 Å². The summed E-state index contributed by atoms with van der Waals surface area (Å²) in [7, 11) is 0. The number of nitrogens with one attached hydrogen (secondary N) is 1. The Morgan fingerprint density at radius 3 is 2.15 bits per heavy atom. The minimum absolute atomic E-state index is 0.00939. The number of carbonyl (C=O) groups excluding carboxylic acids is 2. The lowest BCUT2D eigenvalue weighted by molar-refractivity contribution is -0.122. The van der Waals surface area contributed by atoms with E-state index in [1.54, 1.807) is 31.2 Å². The van der Waals surface area contributed by atoms with Crippen molar-refractivity contribution in [2.24, 2.45) is 0 Å². The molecule has 0 unspecified atom stereocenters. The molecule has 3 rings (SSSR count). The maximum atomic E-state index is 12.6. The zero-order valence-corrected chi connectivity index (χ0v) is 15.3. The molecule has 0 bridgehead atoms. The number of benzene rings is 3. The Morgan fingerprint density at radius 2 is 1.48 bits per heavy atom. The fourth-order valence-corrected chi connectivity index (χ4v) is 2.72. The Labute approximate surface area is 158 Å². The summed E-state index contributed by atoms with van der Waals surface area (Å²) >= 11 is 0. The molecule has 3 aromatic carbocycles. The van der Waals surface area contributed by atoms with Gasteiger partial charge in [0.1, 0.15) is 5.75 Å². The second-order valence-electron chi connectivity index (χ2n) is 6.24. The van der Waals surface area contributed by atoms with E-state index in [9.17, 15) is 9.59 Å². The molecule has 0 heterocycles. The largest absolute Gasteiger partial charge is 0.481 e. The molecular weight excluding hydrogens is 338 g/mol. The van der Waals surface area contributed by atoms with Crippen LogP contribution in [0, 0.1) is 0 Å². The van der Waals surface area contributed by atoms with Gasteiger partial charge in [0.2, 0.25) is 0 Å². The van der Waals surface area contributed by atoms with Crippen LogP contribution in [0.1, 0.15) is 24.2 Å². The van der Waals surface area contributed by atoms with E-state index in [0.717, 1.165) is 16.8 Å². The van der Waals surface area contributed by atoms with Crippen LogP contribution in [0.3, 0.4) is 0 Å². The van der Waals surface area contributed by atoms with E-state index < -0.39 is 6.10 Å². The fraction of sp³-hybridized carbons (Fsp3) is 0.130. The fourth-order valence-electron chi connectivity index (χ4n) is 2.72. The number of Topliss-reactive ketones (excluding diaryl/α,β-unsaturated/α-hetero) is 1. The number of hydrogen-bond donors (Lipinski definition) is 1. The van der Waals surface area contributed by atoms with Gasteiger partial charge in [-0.2, -0.15) is 0 Å². The normalized spacial score (nSPS) is 11.5. The first-order valence-electron chi connectivity index (χ1n) is 8.77. The minimum atomic E-state index is -0.683. The summed E-state index contributed by atoms with van der Waals surface area (Å²) < 4.78 is 5.71. The van der Waals surface area contributed by atoms with Crippen molar-refractivity contribution >= 4 is 17.4 Å². The molecule has 0 aliphatic rings.